The number of benzene rings is 1. The van der Waals surface area contributed by atoms with E-state index in [-0.39, 0.29) is 24.5 Å². The highest BCUT2D eigenvalue weighted by Crippen LogP contribution is 2.23. The van der Waals surface area contributed by atoms with Crippen molar-refractivity contribution in [3.8, 4) is 0 Å². The predicted molar refractivity (Wildman–Crippen MR) is 89.6 cm³/mol. The van der Waals surface area contributed by atoms with Crippen LogP contribution in [0.1, 0.15) is 46.4 Å². The van der Waals surface area contributed by atoms with E-state index in [4.69, 9.17) is 0 Å². The van der Waals surface area contributed by atoms with Gasteiger partial charge in [0.05, 0.1) is 0 Å². The van der Waals surface area contributed by atoms with Crippen LogP contribution < -0.4 is 5.32 Å². The zero-order valence-electron chi connectivity index (χ0n) is 13.3. The first-order valence-corrected chi connectivity index (χ1v) is 8.00. The Morgan fingerprint density at radius 2 is 1.91 bits per heavy atom. The Hall–Kier alpha value is -2.49. The van der Waals surface area contributed by atoms with Crippen LogP contribution in [0.5, 0.6) is 0 Å². The molecule has 2 aromatic rings. The van der Waals surface area contributed by atoms with Crippen LogP contribution in [-0.2, 0) is 17.6 Å². The molecule has 118 valence electrons. The molecule has 0 atom stereocenters. The molecule has 4 nitrogen and oxygen atoms in total. The molecule has 0 aliphatic heterocycles. The summed E-state index contributed by atoms with van der Waals surface area (Å²) in [5.41, 5.74) is 4.19. The van der Waals surface area contributed by atoms with E-state index < -0.39 is 0 Å². The van der Waals surface area contributed by atoms with Crippen molar-refractivity contribution in [3.63, 3.8) is 0 Å². The number of carbonyl (C=O) groups excluding carboxylic acids is 2. The van der Waals surface area contributed by atoms with Gasteiger partial charge in [-0.05, 0) is 55.5 Å². The summed E-state index contributed by atoms with van der Waals surface area (Å²) in [5, 5.41) is 2.73. The van der Waals surface area contributed by atoms with Gasteiger partial charge in [-0.3, -0.25) is 9.59 Å². The van der Waals surface area contributed by atoms with Crippen molar-refractivity contribution in [2.45, 2.75) is 39.0 Å². The van der Waals surface area contributed by atoms with Crippen molar-refractivity contribution in [2.75, 3.05) is 5.32 Å². The number of ketones is 1. The van der Waals surface area contributed by atoms with Crippen molar-refractivity contribution in [1.29, 1.82) is 0 Å². The van der Waals surface area contributed by atoms with Crippen LogP contribution in [-0.4, -0.2) is 16.7 Å². The molecule has 0 saturated heterocycles. The second-order valence-corrected chi connectivity index (χ2v) is 5.97. The fraction of sp³-hybridized carbons (Fsp3) is 0.316. The van der Waals surface area contributed by atoms with Crippen LogP contribution in [0.2, 0.25) is 0 Å². The Balaban J connectivity index is 1.55. The summed E-state index contributed by atoms with van der Waals surface area (Å²) < 4.78 is 0. The van der Waals surface area contributed by atoms with Crippen molar-refractivity contribution in [3.05, 3.63) is 58.8 Å². The van der Waals surface area contributed by atoms with E-state index in [0.29, 0.717) is 11.4 Å². The summed E-state index contributed by atoms with van der Waals surface area (Å²) in [6, 6.07) is 11.4. The number of nitrogens with zero attached hydrogens (tertiary/aromatic N) is 1. The first-order chi connectivity index (χ1) is 11.1. The predicted octanol–water partition coefficient (Wildman–Crippen LogP) is 3.48. The van der Waals surface area contributed by atoms with Gasteiger partial charge in [0.1, 0.15) is 5.82 Å². The molecule has 1 aliphatic rings. The second-order valence-electron chi connectivity index (χ2n) is 5.97. The molecule has 23 heavy (non-hydrogen) atoms. The molecule has 0 bridgehead atoms. The molecule has 3 rings (SSSR count). The van der Waals surface area contributed by atoms with Crippen LogP contribution >= 0.6 is 0 Å². The zero-order valence-corrected chi connectivity index (χ0v) is 13.3. The van der Waals surface area contributed by atoms with Gasteiger partial charge in [0.2, 0.25) is 5.91 Å². The third-order valence-corrected chi connectivity index (χ3v) is 4.16. The lowest BCUT2D eigenvalue weighted by Gasteiger charge is -2.06. The van der Waals surface area contributed by atoms with Gasteiger partial charge in [-0.1, -0.05) is 18.2 Å². The van der Waals surface area contributed by atoms with Crippen molar-refractivity contribution < 1.29 is 9.59 Å². The van der Waals surface area contributed by atoms with Gasteiger partial charge < -0.3 is 5.32 Å². The summed E-state index contributed by atoms with van der Waals surface area (Å²) in [4.78, 5) is 28.4. The highest BCUT2D eigenvalue weighted by molar-refractivity contribution is 6.00. The van der Waals surface area contributed by atoms with Crippen molar-refractivity contribution in [2.24, 2.45) is 0 Å². The number of carbonyl (C=O) groups is 2. The first kappa shape index (κ1) is 15.4. The first-order valence-electron chi connectivity index (χ1n) is 8.00. The van der Waals surface area contributed by atoms with Crippen LogP contribution in [0.4, 0.5) is 5.82 Å². The standard InChI is InChI=1S/C19H20N2O2/c1-13-4-2-7-18(20-13)21-19(23)11-10-17(22)16-9-8-14-5-3-6-15(14)12-16/h2,4,7-9,12H,3,5-6,10-11H2,1H3,(H,20,21,23). The summed E-state index contributed by atoms with van der Waals surface area (Å²) in [7, 11) is 0. The average molecular weight is 308 g/mol. The number of pyridine rings is 1. The topological polar surface area (TPSA) is 59.1 Å². The van der Waals surface area contributed by atoms with Gasteiger partial charge in [-0.2, -0.15) is 0 Å². The second kappa shape index (κ2) is 6.73. The maximum Gasteiger partial charge on any atom is 0.225 e. The zero-order chi connectivity index (χ0) is 16.2. The summed E-state index contributed by atoms with van der Waals surface area (Å²) in [6.07, 6.45) is 3.71. The number of amides is 1. The quantitative estimate of drug-likeness (QED) is 0.860. The molecule has 0 unspecified atom stereocenters. The van der Waals surface area contributed by atoms with E-state index in [0.717, 1.165) is 18.5 Å². The van der Waals surface area contributed by atoms with E-state index in [2.05, 4.69) is 10.3 Å². The number of nitrogens with one attached hydrogen (secondary N) is 1. The van der Waals surface area contributed by atoms with E-state index in [1.54, 1.807) is 6.07 Å². The normalized spacial score (nSPS) is 12.7. The molecule has 1 aromatic heterocycles. The van der Waals surface area contributed by atoms with Crippen LogP contribution in [0.25, 0.3) is 0 Å². The Morgan fingerprint density at radius 3 is 2.74 bits per heavy atom. The third-order valence-electron chi connectivity index (χ3n) is 4.16. The Morgan fingerprint density at radius 1 is 1.09 bits per heavy atom. The fourth-order valence-electron chi connectivity index (χ4n) is 2.93. The third kappa shape index (κ3) is 3.83. The van der Waals surface area contributed by atoms with E-state index >= 15 is 0 Å². The maximum absolute atomic E-state index is 12.3. The minimum absolute atomic E-state index is 0.0204. The number of rotatable bonds is 5. The van der Waals surface area contributed by atoms with Gasteiger partial charge in [-0.25, -0.2) is 4.98 Å². The van der Waals surface area contributed by atoms with E-state index in [1.807, 2.05) is 37.3 Å². The Labute approximate surface area is 135 Å². The molecule has 1 amide bonds. The monoisotopic (exact) mass is 308 g/mol. The van der Waals surface area contributed by atoms with E-state index in [1.165, 1.54) is 17.5 Å². The number of aryl methyl sites for hydroxylation is 3. The molecule has 1 N–H and O–H groups in total. The fourth-order valence-corrected chi connectivity index (χ4v) is 2.93. The molecule has 0 saturated carbocycles. The summed E-state index contributed by atoms with van der Waals surface area (Å²) in [5.74, 6) is 0.365. The molecule has 1 aromatic carbocycles. The number of fused-ring (bicyclic) bond motifs is 1. The van der Waals surface area contributed by atoms with E-state index in [9.17, 15) is 9.59 Å². The number of anilines is 1. The highest BCUT2D eigenvalue weighted by atomic mass is 16.2. The van der Waals surface area contributed by atoms with Crippen molar-refractivity contribution >= 4 is 17.5 Å². The molecule has 0 spiro atoms. The lowest BCUT2D eigenvalue weighted by atomic mass is 10.0. The molecule has 0 fully saturated rings. The van der Waals surface area contributed by atoms with Gasteiger partial charge in [0, 0.05) is 24.1 Å². The van der Waals surface area contributed by atoms with Gasteiger partial charge in [-0.15, -0.1) is 0 Å². The minimum atomic E-state index is -0.183. The number of hydrogen-bond acceptors (Lipinski definition) is 3. The van der Waals surface area contributed by atoms with Gasteiger partial charge in [0.15, 0.2) is 5.78 Å². The Kier molecular flexibility index (Phi) is 4.51. The summed E-state index contributed by atoms with van der Waals surface area (Å²) >= 11 is 0. The molecule has 1 heterocycles. The molecule has 4 heteroatoms. The van der Waals surface area contributed by atoms with Gasteiger partial charge in [0.25, 0.3) is 0 Å². The smallest absolute Gasteiger partial charge is 0.225 e. The van der Waals surface area contributed by atoms with Crippen LogP contribution in [0.15, 0.2) is 36.4 Å². The lowest BCUT2D eigenvalue weighted by Crippen LogP contribution is -2.14. The molecule has 1 aliphatic carbocycles. The number of hydrogen-bond donors (Lipinski definition) is 1. The van der Waals surface area contributed by atoms with Crippen LogP contribution in [0, 0.1) is 6.92 Å². The number of aromatic nitrogens is 1. The van der Waals surface area contributed by atoms with Gasteiger partial charge >= 0.3 is 0 Å². The SMILES string of the molecule is Cc1cccc(NC(=O)CCC(=O)c2ccc3c(c2)CCC3)n1. The lowest BCUT2D eigenvalue weighted by molar-refractivity contribution is -0.116. The van der Waals surface area contributed by atoms with Crippen molar-refractivity contribution in [1.82, 2.24) is 4.98 Å². The molecular weight excluding hydrogens is 288 g/mol. The van der Waals surface area contributed by atoms with Crippen LogP contribution in [0.3, 0.4) is 0 Å². The summed E-state index contributed by atoms with van der Waals surface area (Å²) in [6.45, 7) is 1.87. The maximum atomic E-state index is 12.3. The highest BCUT2D eigenvalue weighted by Gasteiger charge is 2.15. The minimum Gasteiger partial charge on any atom is -0.311 e. The Bertz CT molecular complexity index is 753. The molecule has 0 radical (unpaired) electrons. The largest absolute Gasteiger partial charge is 0.311 e. The number of Topliss-reactive ketones (excluding diaryl/α,β-unsaturated/α-hetero) is 1. The average Bonchev–Trinajstić information content (AvgIpc) is 3.00. The molecular formula is C19H20N2O2.